The minimum atomic E-state index is -0.293. The Hall–Kier alpha value is -4.50. The van der Waals surface area contributed by atoms with E-state index in [-0.39, 0.29) is 11.9 Å². The van der Waals surface area contributed by atoms with Crippen LogP contribution in [0.25, 0.3) is 26.9 Å². The van der Waals surface area contributed by atoms with E-state index in [1.54, 1.807) is 18.5 Å². The molecule has 0 radical (unpaired) electrons. The van der Waals surface area contributed by atoms with Crippen molar-refractivity contribution in [3.63, 3.8) is 0 Å². The smallest absolute Gasteiger partial charge is 0.140 e. The van der Waals surface area contributed by atoms with E-state index in [9.17, 15) is 4.39 Å². The number of imidazole rings is 1. The molecule has 1 aliphatic heterocycles. The standard InChI is InChI=1S/C30H23FN4O3S/c1-18-33-25-16-32-12-10-26(25)35(18)20-3-5-21(6-4-20)38-28-11-13-36-27-8-7-22(15-23(27)28)37-17-30-34-24-14-19(31)2-9-29(24)39-30/h2-10,12,14-16,28H,11,13,17H2,1H3. The minimum absolute atomic E-state index is 0.171. The van der Waals surface area contributed by atoms with Crippen molar-refractivity contribution < 1.29 is 18.6 Å². The third kappa shape index (κ3) is 4.55. The quantitative estimate of drug-likeness (QED) is 0.228. The van der Waals surface area contributed by atoms with Gasteiger partial charge in [0.25, 0.3) is 0 Å². The van der Waals surface area contributed by atoms with Crippen LogP contribution in [0.15, 0.2) is 79.1 Å². The Morgan fingerprint density at radius 3 is 2.77 bits per heavy atom. The Morgan fingerprint density at radius 2 is 1.87 bits per heavy atom. The summed E-state index contributed by atoms with van der Waals surface area (Å²) in [6.07, 6.45) is 4.10. The molecular weight excluding hydrogens is 515 g/mol. The SMILES string of the molecule is Cc1nc2cnccc2n1-c1ccc(OC2CCOc3ccc(OCc4nc5cc(F)ccc5s4)cc32)cc1. The second-order valence-corrected chi connectivity index (χ2v) is 10.4. The molecule has 3 aromatic carbocycles. The van der Waals surface area contributed by atoms with Gasteiger partial charge in [-0.3, -0.25) is 9.55 Å². The predicted molar refractivity (Wildman–Crippen MR) is 147 cm³/mol. The van der Waals surface area contributed by atoms with Crippen LogP contribution >= 0.6 is 11.3 Å². The molecule has 4 heterocycles. The molecule has 0 bridgehead atoms. The zero-order chi connectivity index (χ0) is 26.3. The number of aromatic nitrogens is 4. The maximum absolute atomic E-state index is 13.5. The Morgan fingerprint density at radius 1 is 1.00 bits per heavy atom. The Balaban J connectivity index is 1.09. The van der Waals surface area contributed by atoms with E-state index < -0.39 is 0 Å². The van der Waals surface area contributed by atoms with Crippen molar-refractivity contribution in [2.45, 2.75) is 26.1 Å². The minimum Gasteiger partial charge on any atom is -0.493 e. The molecule has 0 saturated carbocycles. The fourth-order valence-corrected chi connectivity index (χ4v) is 5.79. The van der Waals surface area contributed by atoms with Crippen LogP contribution in [-0.4, -0.2) is 26.1 Å². The Labute approximate surface area is 227 Å². The molecule has 1 aliphatic rings. The molecule has 0 N–H and O–H groups in total. The second kappa shape index (κ2) is 9.67. The maximum atomic E-state index is 13.5. The summed E-state index contributed by atoms with van der Waals surface area (Å²) in [4.78, 5) is 13.3. The molecule has 9 heteroatoms. The van der Waals surface area contributed by atoms with Crippen molar-refractivity contribution >= 4 is 32.6 Å². The Kier molecular flexibility index (Phi) is 5.85. The highest BCUT2D eigenvalue weighted by molar-refractivity contribution is 7.18. The lowest BCUT2D eigenvalue weighted by molar-refractivity contribution is 0.135. The largest absolute Gasteiger partial charge is 0.493 e. The van der Waals surface area contributed by atoms with Crippen molar-refractivity contribution in [2.24, 2.45) is 0 Å². The number of rotatable bonds is 6. The topological polar surface area (TPSA) is 71.3 Å². The summed E-state index contributed by atoms with van der Waals surface area (Å²) in [6.45, 7) is 2.86. The van der Waals surface area contributed by atoms with Crippen LogP contribution in [0.5, 0.6) is 17.2 Å². The average Bonchev–Trinajstić information content (AvgIpc) is 3.51. The molecule has 194 valence electrons. The van der Waals surface area contributed by atoms with Gasteiger partial charge in [-0.2, -0.15) is 0 Å². The van der Waals surface area contributed by atoms with Gasteiger partial charge in [0.1, 0.15) is 52.1 Å². The molecule has 7 rings (SSSR count). The summed E-state index contributed by atoms with van der Waals surface area (Å²) < 4.78 is 34.9. The van der Waals surface area contributed by atoms with Crippen LogP contribution in [0.3, 0.4) is 0 Å². The third-order valence-electron chi connectivity index (χ3n) is 6.72. The number of hydrogen-bond acceptors (Lipinski definition) is 7. The fraction of sp³-hybridized carbons (Fsp3) is 0.167. The highest BCUT2D eigenvalue weighted by Crippen LogP contribution is 2.38. The van der Waals surface area contributed by atoms with Crippen molar-refractivity contribution in [1.29, 1.82) is 0 Å². The van der Waals surface area contributed by atoms with Gasteiger partial charge >= 0.3 is 0 Å². The summed E-state index contributed by atoms with van der Waals surface area (Å²) in [7, 11) is 0. The third-order valence-corrected chi connectivity index (χ3v) is 7.73. The lowest BCUT2D eigenvalue weighted by atomic mass is 10.0. The molecule has 0 spiro atoms. The second-order valence-electron chi connectivity index (χ2n) is 9.30. The molecule has 0 amide bonds. The van der Waals surface area contributed by atoms with Crippen LogP contribution in [0.4, 0.5) is 4.39 Å². The summed E-state index contributed by atoms with van der Waals surface area (Å²) >= 11 is 1.50. The van der Waals surface area contributed by atoms with E-state index in [1.807, 2.05) is 55.5 Å². The number of pyridine rings is 1. The van der Waals surface area contributed by atoms with E-state index in [4.69, 9.17) is 14.2 Å². The highest BCUT2D eigenvalue weighted by Gasteiger charge is 2.24. The first-order valence-electron chi connectivity index (χ1n) is 12.6. The van der Waals surface area contributed by atoms with Crippen LogP contribution < -0.4 is 14.2 Å². The van der Waals surface area contributed by atoms with Crippen molar-refractivity contribution in [3.05, 3.63) is 101 Å². The fourth-order valence-electron chi connectivity index (χ4n) is 4.92. The highest BCUT2D eigenvalue weighted by atomic mass is 32.1. The Bertz CT molecular complexity index is 1820. The number of hydrogen-bond donors (Lipinski definition) is 0. The van der Waals surface area contributed by atoms with Crippen LogP contribution in [0.2, 0.25) is 0 Å². The van der Waals surface area contributed by atoms with E-state index >= 15 is 0 Å². The maximum Gasteiger partial charge on any atom is 0.140 e. The van der Waals surface area contributed by atoms with Gasteiger partial charge in [-0.05, 0) is 67.6 Å². The molecule has 7 nitrogen and oxygen atoms in total. The number of aryl methyl sites for hydroxylation is 1. The first kappa shape index (κ1) is 23.6. The van der Waals surface area contributed by atoms with Crippen LogP contribution in [-0.2, 0) is 6.61 Å². The molecule has 1 atom stereocenters. The van der Waals surface area contributed by atoms with Crippen LogP contribution in [0, 0.1) is 12.7 Å². The lowest BCUT2D eigenvalue weighted by Crippen LogP contribution is -2.18. The molecule has 3 aromatic heterocycles. The number of ether oxygens (including phenoxy) is 3. The molecule has 1 unspecified atom stereocenters. The van der Waals surface area contributed by atoms with Gasteiger partial charge in [0.05, 0.1) is 28.5 Å². The normalized spacial score (nSPS) is 14.8. The zero-order valence-electron chi connectivity index (χ0n) is 21.0. The van der Waals surface area contributed by atoms with Gasteiger partial charge in [0.15, 0.2) is 0 Å². The first-order chi connectivity index (χ1) is 19.1. The van der Waals surface area contributed by atoms with E-state index in [0.29, 0.717) is 24.5 Å². The van der Waals surface area contributed by atoms with E-state index in [1.165, 1.54) is 23.5 Å². The van der Waals surface area contributed by atoms with Gasteiger partial charge in [0.2, 0.25) is 0 Å². The summed E-state index contributed by atoms with van der Waals surface area (Å²) in [5.74, 6) is 2.87. The van der Waals surface area contributed by atoms with Gasteiger partial charge in [-0.15, -0.1) is 11.3 Å². The summed E-state index contributed by atoms with van der Waals surface area (Å²) in [5, 5.41) is 0.787. The first-order valence-corrected chi connectivity index (χ1v) is 13.4. The number of halogens is 1. The number of fused-ring (bicyclic) bond motifs is 3. The van der Waals surface area contributed by atoms with Gasteiger partial charge in [-0.25, -0.2) is 14.4 Å². The van der Waals surface area contributed by atoms with Crippen LogP contribution in [0.1, 0.15) is 28.9 Å². The molecule has 0 aliphatic carbocycles. The van der Waals surface area contributed by atoms with Crippen molar-refractivity contribution in [1.82, 2.24) is 19.5 Å². The molecule has 6 aromatic rings. The van der Waals surface area contributed by atoms with Gasteiger partial charge in [-0.1, -0.05) is 0 Å². The molecule has 0 fully saturated rings. The molecule has 0 saturated heterocycles. The van der Waals surface area contributed by atoms with E-state index in [0.717, 1.165) is 55.7 Å². The lowest BCUT2D eigenvalue weighted by Gasteiger charge is -2.27. The average molecular weight is 539 g/mol. The van der Waals surface area contributed by atoms with Gasteiger partial charge in [0, 0.05) is 29.9 Å². The monoisotopic (exact) mass is 538 g/mol. The van der Waals surface area contributed by atoms with Gasteiger partial charge < -0.3 is 14.2 Å². The summed E-state index contributed by atoms with van der Waals surface area (Å²) in [6, 6.07) is 20.4. The van der Waals surface area contributed by atoms with Crippen molar-refractivity contribution in [2.75, 3.05) is 6.61 Å². The van der Waals surface area contributed by atoms with Crippen molar-refractivity contribution in [3.8, 4) is 22.9 Å². The number of thiazole rings is 1. The predicted octanol–water partition coefficient (Wildman–Crippen LogP) is 6.96. The zero-order valence-corrected chi connectivity index (χ0v) is 21.8. The number of benzene rings is 3. The summed E-state index contributed by atoms with van der Waals surface area (Å²) in [5.41, 5.74) is 4.47. The molecule has 39 heavy (non-hydrogen) atoms. The molecular formula is C30H23FN4O3S. The van der Waals surface area contributed by atoms with E-state index in [2.05, 4.69) is 19.5 Å². The number of nitrogens with zero attached hydrogens (tertiary/aromatic N) is 4.